The van der Waals surface area contributed by atoms with E-state index in [2.05, 4.69) is 9.73 Å². The van der Waals surface area contributed by atoms with Crippen LogP contribution in [0, 0.1) is 11.5 Å². The molecule has 5 heteroatoms. The zero-order valence-corrected chi connectivity index (χ0v) is 11.4. The highest BCUT2D eigenvalue weighted by molar-refractivity contribution is 6.06. The van der Waals surface area contributed by atoms with Crippen LogP contribution in [-0.2, 0) is 4.79 Å². The number of aliphatic imine (C=N–C) groups is 1. The summed E-state index contributed by atoms with van der Waals surface area (Å²) < 4.78 is 4.64. The third kappa shape index (κ3) is 4.01. The second kappa shape index (κ2) is 7.34. The molecule has 2 rings (SSSR count). The zero-order chi connectivity index (χ0) is 15.8. The Morgan fingerprint density at radius 3 is 2.36 bits per heavy atom. The predicted molar refractivity (Wildman–Crippen MR) is 80.3 cm³/mol. The van der Waals surface area contributed by atoms with Crippen molar-refractivity contribution in [3.8, 4) is 12.0 Å². The molecule has 2 aromatic rings. The Labute approximate surface area is 126 Å². The van der Waals surface area contributed by atoms with Crippen LogP contribution in [0.2, 0.25) is 0 Å². The van der Waals surface area contributed by atoms with Crippen LogP contribution in [0.5, 0.6) is 5.75 Å². The van der Waals surface area contributed by atoms with Gasteiger partial charge in [-0.15, -0.1) is 5.26 Å². The molecule has 22 heavy (non-hydrogen) atoms. The smallest absolute Gasteiger partial charge is 0.292 e. The first-order valence-corrected chi connectivity index (χ1v) is 6.29. The minimum atomic E-state index is -0.168. The van der Waals surface area contributed by atoms with E-state index in [9.17, 15) is 9.59 Å². The number of hydrogen-bond donors (Lipinski definition) is 0. The Kier molecular flexibility index (Phi) is 4.98. The third-order valence-electron chi connectivity index (χ3n) is 2.80. The molecule has 0 heterocycles. The fourth-order valence-electron chi connectivity index (χ4n) is 1.72. The van der Waals surface area contributed by atoms with Crippen molar-refractivity contribution >= 4 is 23.6 Å². The molecule has 0 amide bonds. The second-order valence-electron chi connectivity index (χ2n) is 4.21. The fourth-order valence-corrected chi connectivity index (χ4v) is 1.72. The Morgan fingerprint density at radius 2 is 1.77 bits per heavy atom. The number of nitrogens with zero attached hydrogens (tertiary/aromatic N) is 2. The van der Waals surface area contributed by atoms with Gasteiger partial charge < -0.3 is 4.74 Å². The quantitative estimate of drug-likeness (QED) is 0.278. The van der Waals surface area contributed by atoms with Gasteiger partial charge in [0.2, 0.25) is 6.08 Å². The third-order valence-corrected chi connectivity index (χ3v) is 2.80. The summed E-state index contributed by atoms with van der Waals surface area (Å²) in [4.78, 5) is 25.6. The van der Waals surface area contributed by atoms with Gasteiger partial charge in [0.1, 0.15) is 5.75 Å². The lowest BCUT2D eigenvalue weighted by atomic mass is 10.1. The molecule has 0 N–H and O–H groups in total. The van der Waals surface area contributed by atoms with Crippen molar-refractivity contribution in [1.29, 1.82) is 5.26 Å². The summed E-state index contributed by atoms with van der Waals surface area (Å²) in [6.45, 7) is 0. The molecule has 0 saturated carbocycles. The van der Waals surface area contributed by atoms with Gasteiger partial charge in [0, 0.05) is 5.56 Å². The van der Waals surface area contributed by atoms with Gasteiger partial charge in [-0.25, -0.2) is 4.79 Å². The summed E-state index contributed by atoms with van der Waals surface area (Å²) in [5.41, 5.74) is 1.80. The number of isocyanates is 1. The summed E-state index contributed by atoms with van der Waals surface area (Å²) in [5, 5.41) is 8.38. The highest BCUT2D eigenvalue weighted by atomic mass is 16.5. The molecule has 2 aromatic carbocycles. The average molecular weight is 290 g/mol. The number of ketones is 1. The molecule has 0 aliphatic rings. The number of nitriles is 1. The van der Waals surface area contributed by atoms with Crippen molar-refractivity contribution in [1.82, 2.24) is 0 Å². The minimum absolute atomic E-state index is 0.168. The van der Waals surface area contributed by atoms with E-state index in [0.29, 0.717) is 17.0 Å². The Bertz CT molecular complexity index is 778. The highest BCUT2D eigenvalue weighted by Crippen LogP contribution is 2.15. The SMILES string of the molecule is N#COc1ccc(C(=O)C=Cc2ccc(N=C=O)cc2)cc1. The van der Waals surface area contributed by atoms with E-state index >= 15 is 0 Å². The van der Waals surface area contributed by atoms with Crippen LogP contribution in [0.3, 0.4) is 0 Å². The molecule has 0 atom stereocenters. The first kappa shape index (κ1) is 14.9. The van der Waals surface area contributed by atoms with E-state index in [-0.39, 0.29) is 5.78 Å². The number of rotatable bonds is 5. The van der Waals surface area contributed by atoms with Gasteiger partial charge in [0.25, 0.3) is 6.26 Å². The number of ether oxygens (including phenoxy) is 1. The van der Waals surface area contributed by atoms with Crippen LogP contribution in [-0.4, -0.2) is 11.9 Å². The number of carbonyl (C=O) groups excluding carboxylic acids is 2. The van der Waals surface area contributed by atoms with E-state index in [1.165, 1.54) is 12.2 Å². The standard InChI is InChI=1S/C17H10N2O3/c18-11-22-16-8-4-14(5-9-16)17(21)10-3-13-1-6-15(7-2-13)19-12-20/h1-10H. The maximum atomic E-state index is 12.0. The lowest BCUT2D eigenvalue weighted by Crippen LogP contribution is -1.94. The monoisotopic (exact) mass is 290 g/mol. The van der Waals surface area contributed by atoms with E-state index in [1.807, 2.05) is 0 Å². The molecule has 0 bridgehead atoms. The van der Waals surface area contributed by atoms with Crippen LogP contribution in [0.25, 0.3) is 6.08 Å². The van der Waals surface area contributed by atoms with E-state index in [1.54, 1.807) is 60.9 Å². The van der Waals surface area contributed by atoms with Crippen molar-refractivity contribution < 1.29 is 14.3 Å². The Balaban J connectivity index is 2.07. The molecule has 0 saturated heterocycles. The van der Waals surface area contributed by atoms with Crippen LogP contribution in [0.1, 0.15) is 15.9 Å². The maximum Gasteiger partial charge on any atom is 0.292 e. The van der Waals surface area contributed by atoms with Gasteiger partial charge in [-0.05, 0) is 48.0 Å². The Hall–Kier alpha value is -3.48. The summed E-state index contributed by atoms with van der Waals surface area (Å²) in [6, 6.07) is 13.1. The van der Waals surface area contributed by atoms with Gasteiger partial charge in [-0.3, -0.25) is 4.79 Å². The van der Waals surface area contributed by atoms with Crippen LogP contribution in [0.4, 0.5) is 5.69 Å². The summed E-state index contributed by atoms with van der Waals surface area (Å²) in [6.07, 6.45) is 6.13. The molecular formula is C17H10N2O3. The summed E-state index contributed by atoms with van der Waals surface area (Å²) in [5.74, 6) is 0.216. The number of benzene rings is 2. The van der Waals surface area contributed by atoms with Gasteiger partial charge in [-0.1, -0.05) is 18.2 Å². The summed E-state index contributed by atoms with van der Waals surface area (Å²) >= 11 is 0. The first-order chi connectivity index (χ1) is 10.7. The highest BCUT2D eigenvalue weighted by Gasteiger charge is 2.02. The molecule has 0 aromatic heterocycles. The molecule has 0 unspecified atom stereocenters. The van der Waals surface area contributed by atoms with Gasteiger partial charge in [0.15, 0.2) is 5.78 Å². The maximum absolute atomic E-state index is 12.0. The van der Waals surface area contributed by atoms with Crippen LogP contribution < -0.4 is 4.74 Å². The predicted octanol–water partition coefficient (Wildman–Crippen LogP) is 3.41. The molecular weight excluding hydrogens is 280 g/mol. The van der Waals surface area contributed by atoms with Crippen LogP contribution >= 0.6 is 0 Å². The zero-order valence-electron chi connectivity index (χ0n) is 11.4. The lowest BCUT2D eigenvalue weighted by molar-refractivity contribution is 0.104. The normalized spacial score (nSPS) is 9.77. The molecule has 0 radical (unpaired) electrons. The molecule has 0 fully saturated rings. The molecule has 0 spiro atoms. The number of carbonyl (C=O) groups is 1. The van der Waals surface area contributed by atoms with Crippen molar-refractivity contribution in [2.24, 2.45) is 4.99 Å². The average Bonchev–Trinajstić information content (AvgIpc) is 2.55. The van der Waals surface area contributed by atoms with Gasteiger partial charge >= 0.3 is 0 Å². The minimum Gasteiger partial charge on any atom is -0.388 e. The number of allylic oxidation sites excluding steroid dienone is 1. The molecule has 0 aliphatic carbocycles. The number of hydrogen-bond acceptors (Lipinski definition) is 5. The molecule has 5 nitrogen and oxygen atoms in total. The Morgan fingerprint density at radius 1 is 1.09 bits per heavy atom. The topological polar surface area (TPSA) is 79.5 Å². The largest absolute Gasteiger partial charge is 0.388 e. The van der Waals surface area contributed by atoms with Crippen molar-refractivity contribution in [3.63, 3.8) is 0 Å². The van der Waals surface area contributed by atoms with E-state index in [4.69, 9.17) is 5.26 Å². The molecule has 106 valence electrons. The lowest BCUT2D eigenvalue weighted by Gasteiger charge is -1.98. The van der Waals surface area contributed by atoms with Gasteiger partial charge in [-0.2, -0.15) is 4.99 Å². The molecule has 0 aliphatic heterocycles. The van der Waals surface area contributed by atoms with Crippen molar-refractivity contribution in [3.05, 3.63) is 65.7 Å². The summed E-state index contributed by atoms with van der Waals surface area (Å²) in [7, 11) is 0. The second-order valence-corrected chi connectivity index (χ2v) is 4.21. The fraction of sp³-hybridized carbons (Fsp3) is 0. The van der Waals surface area contributed by atoms with Crippen LogP contribution in [0.15, 0.2) is 59.6 Å². The van der Waals surface area contributed by atoms with E-state index < -0.39 is 0 Å². The van der Waals surface area contributed by atoms with Gasteiger partial charge in [0.05, 0.1) is 5.69 Å². The van der Waals surface area contributed by atoms with E-state index in [0.717, 1.165) is 5.56 Å². The van der Waals surface area contributed by atoms with Crippen molar-refractivity contribution in [2.45, 2.75) is 0 Å². The first-order valence-electron chi connectivity index (χ1n) is 6.29. The van der Waals surface area contributed by atoms with Crippen molar-refractivity contribution in [2.75, 3.05) is 0 Å².